The van der Waals surface area contributed by atoms with Crippen molar-refractivity contribution < 1.29 is 5.11 Å². The van der Waals surface area contributed by atoms with E-state index in [-0.39, 0.29) is 12.0 Å². The first kappa shape index (κ1) is 11.3. The summed E-state index contributed by atoms with van der Waals surface area (Å²) in [6, 6.07) is 7.95. The topological polar surface area (TPSA) is 49.5 Å². The van der Waals surface area contributed by atoms with Crippen LogP contribution < -0.4 is 10.6 Å². The molecule has 1 aliphatic heterocycles. The van der Waals surface area contributed by atoms with E-state index in [0.717, 1.165) is 37.3 Å². The second-order valence-corrected chi connectivity index (χ2v) is 5.05. The van der Waals surface area contributed by atoms with Gasteiger partial charge in [0, 0.05) is 18.5 Å². The van der Waals surface area contributed by atoms with E-state index < -0.39 is 0 Å². The third kappa shape index (κ3) is 2.14. The summed E-state index contributed by atoms with van der Waals surface area (Å²) >= 11 is 0. The van der Waals surface area contributed by atoms with Crippen molar-refractivity contribution >= 4 is 11.4 Å². The smallest absolute Gasteiger partial charge is 0.0600 e. The highest BCUT2D eigenvalue weighted by molar-refractivity contribution is 5.67. The van der Waals surface area contributed by atoms with Gasteiger partial charge in [0.25, 0.3) is 0 Å². The van der Waals surface area contributed by atoms with Crippen molar-refractivity contribution in [1.29, 1.82) is 0 Å². The lowest BCUT2D eigenvalue weighted by Gasteiger charge is -2.41. The van der Waals surface area contributed by atoms with Gasteiger partial charge in [0.1, 0.15) is 0 Å². The summed E-state index contributed by atoms with van der Waals surface area (Å²) in [4.78, 5) is 2.29. The minimum absolute atomic E-state index is 0.0144. The number of hydrogen-bond acceptors (Lipinski definition) is 3. The van der Waals surface area contributed by atoms with Gasteiger partial charge in [0.15, 0.2) is 0 Å². The van der Waals surface area contributed by atoms with Crippen molar-refractivity contribution in [1.82, 2.24) is 0 Å². The van der Waals surface area contributed by atoms with Crippen LogP contribution in [0.1, 0.15) is 19.8 Å². The van der Waals surface area contributed by atoms with E-state index in [2.05, 4.69) is 17.9 Å². The van der Waals surface area contributed by atoms with Gasteiger partial charge in [-0.25, -0.2) is 0 Å². The fourth-order valence-electron chi connectivity index (χ4n) is 2.43. The molecule has 1 aromatic rings. The molecule has 0 amide bonds. The van der Waals surface area contributed by atoms with E-state index in [1.807, 2.05) is 18.2 Å². The van der Waals surface area contributed by atoms with Crippen LogP contribution in [0.25, 0.3) is 0 Å². The Labute approximate surface area is 96.9 Å². The molecule has 88 valence electrons. The number of aliphatic hydroxyl groups excluding tert-OH is 1. The fraction of sp³-hybridized carbons (Fsp3) is 0.538. The van der Waals surface area contributed by atoms with Crippen molar-refractivity contribution in [3.8, 4) is 0 Å². The molecule has 0 spiro atoms. The van der Waals surface area contributed by atoms with Crippen LogP contribution >= 0.6 is 0 Å². The van der Waals surface area contributed by atoms with Crippen LogP contribution in [-0.2, 0) is 0 Å². The number of aliphatic hydroxyl groups is 1. The number of para-hydroxylation sites is 2. The third-order valence-corrected chi connectivity index (χ3v) is 3.44. The zero-order chi connectivity index (χ0) is 11.6. The molecule has 0 radical (unpaired) electrons. The minimum atomic E-state index is 0.0144. The quantitative estimate of drug-likeness (QED) is 0.748. The van der Waals surface area contributed by atoms with Gasteiger partial charge in [0.05, 0.1) is 18.0 Å². The van der Waals surface area contributed by atoms with E-state index in [1.54, 1.807) is 0 Å². The highest BCUT2D eigenvalue weighted by atomic mass is 16.3. The Morgan fingerprint density at radius 2 is 2.19 bits per heavy atom. The Morgan fingerprint density at radius 1 is 1.44 bits per heavy atom. The Hall–Kier alpha value is -1.22. The summed E-state index contributed by atoms with van der Waals surface area (Å²) < 4.78 is 0. The SMILES string of the molecule is CC1(CO)CCCN(c2ccccc2N)C1. The Kier molecular flexibility index (Phi) is 3.06. The van der Waals surface area contributed by atoms with Gasteiger partial charge in [-0.15, -0.1) is 0 Å². The highest BCUT2D eigenvalue weighted by Gasteiger charge is 2.30. The molecule has 1 aromatic carbocycles. The summed E-state index contributed by atoms with van der Waals surface area (Å²) in [5.41, 5.74) is 7.91. The number of nitrogen functional groups attached to an aromatic ring is 1. The predicted molar refractivity (Wildman–Crippen MR) is 67.5 cm³/mol. The number of anilines is 2. The molecule has 0 aliphatic carbocycles. The average Bonchev–Trinajstić information content (AvgIpc) is 2.30. The Bertz CT molecular complexity index is 367. The van der Waals surface area contributed by atoms with Crippen LogP contribution in [-0.4, -0.2) is 24.8 Å². The third-order valence-electron chi connectivity index (χ3n) is 3.44. The Balaban J connectivity index is 2.19. The number of rotatable bonds is 2. The molecule has 0 bridgehead atoms. The molecule has 1 saturated heterocycles. The maximum Gasteiger partial charge on any atom is 0.0600 e. The predicted octanol–water partition coefficient (Wildman–Crippen LogP) is 1.87. The van der Waals surface area contributed by atoms with E-state index >= 15 is 0 Å². The molecular formula is C13H20N2O. The second-order valence-electron chi connectivity index (χ2n) is 5.05. The first-order chi connectivity index (χ1) is 7.64. The summed E-state index contributed by atoms with van der Waals surface area (Å²) in [5, 5.41) is 9.43. The number of benzene rings is 1. The number of nitrogens with zero attached hydrogens (tertiary/aromatic N) is 1. The van der Waals surface area contributed by atoms with Crippen LogP contribution in [0.2, 0.25) is 0 Å². The molecule has 1 fully saturated rings. The van der Waals surface area contributed by atoms with Gasteiger partial charge in [-0.3, -0.25) is 0 Å². The molecule has 3 heteroatoms. The van der Waals surface area contributed by atoms with E-state index in [1.165, 1.54) is 0 Å². The molecular weight excluding hydrogens is 200 g/mol. The summed E-state index contributed by atoms with van der Waals surface area (Å²) in [6.45, 7) is 4.30. The van der Waals surface area contributed by atoms with E-state index in [4.69, 9.17) is 5.73 Å². The molecule has 0 saturated carbocycles. The molecule has 1 unspecified atom stereocenters. The van der Waals surface area contributed by atoms with Crippen molar-refractivity contribution in [2.24, 2.45) is 5.41 Å². The minimum Gasteiger partial charge on any atom is -0.397 e. The van der Waals surface area contributed by atoms with Gasteiger partial charge >= 0.3 is 0 Å². The summed E-state index contributed by atoms with van der Waals surface area (Å²) in [7, 11) is 0. The van der Waals surface area contributed by atoms with Gasteiger partial charge in [-0.2, -0.15) is 0 Å². The largest absolute Gasteiger partial charge is 0.397 e. The monoisotopic (exact) mass is 220 g/mol. The maximum absolute atomic E-state index is 9.43. The van der Waals surface area contributed by atoms with Crippen LogP contribution in [0, 0.1) is 5.41 Å². The van der Waals surface area contributed by atoms with E-state index in [0.29, 0.717) is 0 Å². The molecule has 1 heterocycles. The van der Waals surface area contributed by atoms with Gasteiger partial charge in [0.2, 0.25) is 0 Å². The van der Waals surface area contributed by atoms with E-state index in [9.17, 15) is 5.11 Å². The number of piperidine rings is 1. The summed E-state index contributed by atoms with van der Waals surface area (Å²) in [6.07, 6.45) is 2.21. The van der Waals surface area contributed by atoms with Crippen LogP contribution in [0.5, 0.6) is 0 Å². The van der Waals surface area contributed by atoms with Crippen molar-refractivity contribution in [2.75, 3.05) is 30.3 Å². The molecule has 2 rings (SSSR count). The standard InChI is InChI=1S/C13H20N2O/c1-13(10-16)7-4-8-15(9-13)12-6-3-2-5-11(12)14/h2-3,5-6,16H,4,7-10,14H2,1H3. The van der Waals surface area contributed by atoms with Crippen LogP contribution in [0.15, 0.2) is 24.3 Å². The first-order valence-electron chi connectivity index (χ1n) is 5.85. The Morgan fingerprint density at radius 3 is 2.88 bits per heavy atom. The van der Waals surface area contributed by atoms with Gasteiger partial charge in [-0.1, -0.05) is 19.1 Å². The molecule has 1 aliphatic rings. The maximum atomic E-state index is 9.43. The normalized spacial score (nSPS) is 25.8. The van der Waals surface area contributed by atoms with Gasteiger partial charge < -0.3 is 15.7 Å². The first-order valence-corrected chi connectivity index (χ1v) is 5.85. The van der Waals surface area contributed by atoms with Gasteiger partial charge in [-0.05, 0) is 25.0 Å². The average molecular weight is 220 g/mol. The number of hydrogen-bond donors (Lipinski definition) is 2. The van der Waals surface area contributed by atoms with Crippen molar-refractivity contribution in [3.05, 3.63) is 24.3 Å². The highest BCUT2D eigenvalue weighted by Crippen LogP contribution is 2.33. The molecule has 3 nitrogen and oxygen atoms in total. The second kappa shape index (κ2) is 4.34. The zero-order valence-corrected chi connectivity index (χ0v) is 9.82. The molecule has 16 heavy (non-hydrogen) atoms. The van der Waals surface area contributed by atoms with Crippen LogP contribution in [0.3, 0.4) is 0 Å². The lowest BCUT2D eigenvalue weighted by Crippen LogP contribution is -2.43. The molecule has 3 N–H and O–H groups in total. The van der Waals surface area contributed by atoms with Crippen molar-refractivity contribution in [3.63, 3.8) is 0 Å². The van der Waals surface area contributed by atoms with Crippen molar-refractivity contribution in [2.45, 2.75) is 19.8 Å². The number of nitrogens with two attached hydrogens (primary N) is 1. The lowest BCUT2D eigenvalue weighted by atomic mass is 9.82. The fourth-order valence-corrected chi connectivity index (χ4v) is 2.43. The molecule has 0 aromatic heterocycles. The van der Waals surface area contributed by atoms with Crippen LogP contribution in [0.4, 0.5) is 11.4 Å². The lowest BCUT2D eigenvalue weighted by molar-refractivity contribution is 0.123. The zero-order valence-electron chi connectivity index (χ0n) is 9.82. The summed E-state index contributed by atoms with van der Waals surface area (Å²) in [5.74, 6) is 0. The molecule has 1 atom stereocenters.